The summed E-state index contributed by atoms with van der Waals surface area (Å²) in [4.78, 5) is 2.26. The molecular formula is C58H37NOS. The van der Waals surface area contributed by atoms with Crippen LogP contribution in [0, 0.1) is 0 Å². The van der Waals surface area contributed by atoms with Gasteiger partial charge >= 0.3 is 0 Å². The number of nitrogens with zero attached hydrogens (tertiary/aromatic N) is 1. The molecule has 286 valence electrons. The van der Waals surface area contributed by atoms with Gasteiger partial charge in [0.1, 0.15) is 5.58 Å². The fourth-order valence-corrected chi connectivity index (χ4v) is 10.2. The molecular weight excluding hydrogens is 759 g/mol. The fourth-order valence-electron chi connectivity index (χ4n) is 8.96. The van der Waals surface area contributed by atoms with E-state index in [-0.39, 0.29) is 29.7 Å². The second-order valence-corrected chi connectivity index (χ2v) is 16.3. The zero-order valence-corrected chi connectivity index (χ0v) is 33.6. The Hall–Kier alpha value is -7.72. The molecule has 2 heterocycles. The molecule has 0 amide bonds. The van der Waals surface area contributed by atoms with Crippen LogP contribution in [0.15, 0.2) is 229 Å². The number of para-hydroxylation sites is 2. The molecule has 0 unspecified atom stereocenters. The minimum Gasteiger partial charge on any atom is -0.453 e. The molecule has 0 saturated carbocycles. The maximum absolute atomic E-state index is 8.73. The van der Waals surface area contributed by atoms with Gasteiger partial charge < -0.3 is 9.32 Å². The van der Waals surface area contributed by atoms with Crippen molar-refractivity contribution in [2.45, 2.75) is 0 Å². The van der Waals surface area contributed by atoms with Crippen LogP contribution in [0.2, 0.25) is 0 Å². The smallest absolute Gasteiger partial charge is 0.159 e. The summed E-state index contributed by atoms with van der Waals surface area (Å²) in [5, 5.41) is 6.34. The van der Waals surface area contributed by atoms with Gasteiger partial charge in [0.15, 0.2) is 5.58 Å². The number of thiophene rings is 1. The number of fused-ring (bicyclic) bond motifs is 7. The molecule has 0 aliphatic heterocycles. The average molecular weight is 801 g/mol. The number of anilines is 3. The van der Waals surface area contributed by atoms with E-state index in [9.17, 15) is 0 Å². The lowest BCUT2D eigenvalue weighted by Crippen LogP contribution is -2.10. The SMILES string of the molecule is [2H]c1c([2H])c([2H])c(-c2ccc(-c3ccc(N(c4ccc(-c5cccc6c5sc5ccccc56)cc4)c4cccc5c4oc4c(-c6ccccc6)cccc45)cc3)c3ccccc23)c([2H])c1[2H]. The summed E-state index contributed by atoms with van der Waals surface area (Å²) in [7, 11) is 0. The van der Waals surface area contributed by atoms with Gasteiger partial charge in [-0.1, -0.05) is 188 Å². The van der Waals surface area contributed by atoms with Gasteiger partial charge in [0.2, 0.25) is 0 Å². The summed E-state index contributed by atoms with van der Waals surface area (Å²) in [6, 6.07) is 65.8. The third kappa shape index (κ3) is 5.93. The lowest BCUT2D eigenvalue weighted by molar-refractivity contribution is 0.670. The van der Waals surface area contributed by atoms with Gasteiger partial charge in [0.05, 0.1) is 12.5 Å². The van der Waals surface area contributed by atoms with Gasteiger partial charge in [-0.05, 0) is 86.1 Å². The summed E-state index contributed by atoms with van der Waals surface area (Å²) < 4.78 is 51.8. The Labute approximate surface area is 364 Å². The number of hydrogen-bond acceptors (Lipinski definition) is 3. The van der Waals surface area contributed by atoms with E-state index >= 15 is 0 Å². The number of rotatable bonds is 7. The molecule has 0 N–H and O–H groups in total. The first-order valence-corrected chi connectivity index (χ1v) is 21.2. The van der Waals surface area contributed by atoms with Crippen LogP contribution >= 0.6 is 11.3 Å². The molecule has 10 aromatic carbocycles. The van der Waals surface area contributed by atoms with Crippen molar-refractivity contribution in [2.24, 2.45) is 0 Å². The minimum absolute atomic E-state index is 0.192. The molecule has 2 aromatic heterocycles. The number of furan rings is 1. The quantitative estimate of drug-likeness (QED) is 0.160. The van der Waals surface area contributed by atoms with Crippen molar-refractivity contribution in [3.8, 4) is 44.5 Å². The zero-order chi connectivity index (χ0) is 44.6. The molecule has 0 bridgehead atoms. The predicted molar refractivity (Wildman–Crippen MR) is 261 cm³/mol. The highest BCUT2D eigenvalue weighted by molar-refractivity contribution is 7.26. The molecule has 0 aliphatic rings. The molecule has 61 heavy (non-hydrogen) atoms. The van der Waals surface area contributed by atoms with Crippen molar-refractivity contribution in [3.63, 3.8) is 0 Å². The molecule has 0 spiro atoms. The maximum atomic E-state index is 8.73. The highest BCUT2D eigenvalue weighted by atomic mass is 32.1. The highest BCUT2D eigenvalue weighted by Crippen LogP contribution is 2.46. The van der Waals surface area contributed by atoms with E-state index < -0.39 is 6.04 Å². The summed E-state index contributed by atoms with van der Waals surface area (Å²) in [5.74, 6) is 0. The first kappa shape index (κ1) is 30.3. The summed E-state index contributed by atoms with van der Waals surface area (Å²) >= 11 is 1.83. The summed E-state index contributed by atoms with van der Waals surface area (Å²) in [6.07, 6.45) is 0. The second-order valence-electron chi connectivity index (χ2n) is 15.2. The first-order chi connectivity index (χ1) is 32.3. The molecule has 0 radical (unpaired) electrons. The average Bonchev–Trinajstić information content (AvgIpc) is 3.96. The van der Waals surface area contributed by atoms with Crippen LogP contribution in [0.5, 0.6) is 0 Å². The standard InChI is InChI=1S/C58H37NOS/c1-3-14-38(15-4-1)44-36-37-45(49-19-8-7-18-48(44)49)40-28-32-42(33-29-40)59(43-34-30-41(31-35-43)47-22-12-25-53-50-20-9-10-27-55(50)61-58(47)53)54-26-13-24-52-51-23-11-21-46(56(51)60-57(52)54)39-16-5-2-6-17-39/h1-37H/i1D,3D,4D,14D,15D. The fraction of sp³-hybridized carbons (Fsp3) is 0. The monoisotopic (exact) mass is 800 g/mol. The van der Waals surface area contributed by atoms with E-state index in [1.807, 2.05) is 53.8 Å². The second kappa shape index (κ2) is 14.5. The summed E-state index contributed by atoms with van der Waals surface area (Å²) in [6.45, 7) is 0. The van der Waals surface area contributed by atoms with E-state index in [0.717, 1.165) is 77.6 Å². The van der Waals surface area contributed by atoms with E-state index in [1.54, 1.807) is 0 Å². The van der Waals surface area contributed by atoms with Crippen molar-refractivity contribution < 1.29 is 11.3 Å². The Kier molecular flexibility index (Phi) is 7.23. The third-order valence-electron chi connectivity index (χ3n) is 11.8. The lowest BCUT2D eigenvalue weighted by atomic mass is 9.92. The van der Waals surface area contributed by atoms with E-state index in [2.05, 4.69) is 157 Å². The predicted octanol–water partition coefficient (Wildman–Crippen LogP) is 17.2. The molecule has 0 aliphatic carbocycles. The van der Waals surface area contributed by atoms with Gasteiger partial charge in [0.25, 0.3) is 0 Å². The van der Waals surface area contributed by atoms with Crippen LogP contribution in [0.4, 0.5) is 17.1 Å². The Morgan fingerprint density at radius 3 is 1.59 bits per heavy atom. The summed E-state index contributed by atoms with van der Waals surface area (Å²) in [5.41, 5.74) is 11.6. The Balaban J connectivity index is 1.01. The normalized spacial score (nSPS) is 12.8. The lowest BCUT2D eigenvalue weighted by Gasteiger charge is -2.26. The van der Waals surface area contributed by atoms with Gasteiger partial charge in [0, 0.05) is 47.9 Å². The van der Waals surface area contributed by atoms with Gasteiger partial charge in [-0.25, -0.2) is 0 Å². The maximum Gasteiger partial charge on any atom is 0.159 e. The number of benzene rings is 10. The van der Waals surface area contributed by atoms with E-state index in [4.69, 9.17) is 11.3 Å². The minimum atomic E-state index is -0.405. The van der Waals surface area contributed by atoms with Gasteiger partial charge in [-0.3, -0.25) is 0 Å². The molecule has 12 aromatic rings. The van der Waals surface area contributed by atoms with Crippen LogP contribution in [-0.2, 0) is 0 Å². The topological polar surface area (TPSA) is 16.4 Å². The Morgan fingerprint density at radius 2 is 0.885 bits per heavy atom. The van der Waals surface area contributed by atoms with Crippen molar-refractivity contribution >= 4 is 81.3 Å². The van der Waals surface area contributed by atoms with Crippen LogP contribution in [0.25, 0.3) is 97.4 Å². The highest BCUT2D eigenvalue weighted by Gasteiger charge is 2.22. The first-order valence-electron chi connectivity index (χ1n) is 22.8. The van der Waals surface area contributed by atoms with E-state index in [1.165, 1.54) is 25.7 Å². The van der Waals surface area contributed by atoms with Gasteiger partial charge in [-0.15, -0.1) is 11.3 Å². The third-order valence-corrected chi connectivity index (χ3v) is 13.0. The Morgan fingerprint density at radius 1 is 0.361 bits per heavy atom. The zero-order valence-electron chi connectivity index (χ0n) is 37.7. The van der Waals surface area contributed by atoms with Crippen molar-refractivity contribution in [3.05, 3.63) is 224 Å². The van der Waals surface area contributed by atoms with E-state index in [0.29, 0.717) is 5.56 Å². The molecule has 3 heteroatoms. The molecule has 2 nitrogen and oxygen atoms in total. The van der Waals surface area contributed by atoms with Gasteiger partial charge in [-0.2, -0.15) is 0 Å². The van der Waals surface area contributed by atoms with Crippen LogP contribution in [-0.4, -0.2) is 0 Å². The molecule has 0 saturated heterocycles. The largest absolute Gasteiger partial charge is 0.453 e. The van der Waals surface area contributed by atoms with Crippen LogP contribution < -0.4 is 4.90 Å². The van der Waals surface area contributed by atoms with Crippen LogP contribution in [0.1, 0.15) is 6.85 Å². The Bertz CT molecular complexity index is 3850. The molecule has 0 atom stereocenters. The molecule has 0 fully saturated rings. The van der Waals surface area contributed by atoms with Crippen molar-refractivity contribution in [1.82, 2.24) is 0 Å². The molecule has 12 rings (SSSR count). The van der Waals surface area contributed by atoms with Crippen molar-refractivity contribution in [1.29, 1.82) is 0 Å². The number of hydrogen-bond donors (Lipinski definition) is 0. The van der Waals surface area contributed by atoms with Crippen molar-refractivity contribution in [2.75, 3.05) is 4.90 Å². The van der Waals surface area contributed by atoms with Crippen LogP contribution in [0.3, 0.4) is 0 Å².